The van der Waals surface area contributed by atoms with Gasteiger partial charge in [-0.1, -0.05) is 12.1 Å². The maximum Gasteiger partial charge on any atom is 0.224 e. The lowest BCUT2D eigenvalue weighted by molar-refractivity contribution is 0.450. The van der Waals surface area contributed by atoms with Crippen molar-refractivity contribution in [3.05, 3.63) is 54.0 Å². The summed E-state index contributed by atoms with van der Waals surface area (Å²) in [6.45, 7) is 0.421. The Morgan fingerprint density at radius 1 is 1.13 bits per heavy atom. The Morgan fingerprint density at radius 2 is 1.87 bits per heavy atom. The lowest BCUT2D eigenvalue weighted by atomic mass is 10.2. The van der Waals surface area contributed by atoms with Crippen LogP contribution in [0.2, 0.25) is 0 Å². The molecule has 0 atom stereocenters. The number of aromatic nitrogens is 1. The van der Waals surface area contributed by atoms with Crippen LogP contribution in [0.4, 0.5) is 4.39 Å². The van der Waals surface area contributed by atoms with E-state index in [1.807, 2.05) is 50.1 Å². The molecule has 0 bridgehead atoms. The zero-order valence-corrected chi connectivity index (χ0v) is 13.8. The highest BCUT2D eigenvalue weighted by Crippen LogP contribution is 2.24. The summed E-state index contributed by atoms with van der Waals surface area (Å²) in [5.41, 5.74) is 0.831. The molecule has 6 heteroatoms. The predicted molar refractivity (Wildman–Crippen MR) is 89.2 cm³/mol. The van der Waals surface area contributed by atoms with E-state index in [0.717, 1.165) is 11.5 Å². The molecule has 1 aromatic carbocycles. The van der Waals surface area contributed by atoms with Crippen molar-refractivity contribution in [3.63, 3.8) is 0 Å². The number of hydrogen-bond acceptors (Lipinski definition) is 3. The van der Waals surface area contributed by atoms with Crippen molar-refractivity contribution in [2.75, 3.05) is 28.2 Å². The van der Waals surface area contributed by atoms with E-state index in [0.29, 0.717) is 18.2 Å². The summed E-state index contributed by atoms with van der Waals surface area (Å²) in [5, 5.41) is 0. The van der Waals surface area contributed by atoms with E-state index in [-0.39, 0.29) is 5.82 Å². The number of ether oxygens (including phenoxy) is 1. The minimum Gasteiger partial charge on any atom is -0.439 e. The highest BCUT2D eigenvalue weighted by atomic mass is 19.1. The number of nitrogens with zero attached hydrogens (tertiary/aromatic N) is 4. The van der Waals surface area contributed by atoms with Crippen molar-refractivity contribution in [1.82, 2.24) is 14.8 Å². The van der Waals surface area contributed by atoms with Crippen molar-refractivity contribution >= 4 is 5.96 Å². The zero-order chi connectivity index (χ0) is 16.8. The average Bonchev–Trinajstić information content (AvgIpc) is 2.48. The summed E-state index contributed by atoms with van der Waals surface area (Å²) in [6.07, 6.45) is 1.64. The lowest BCUT2D eigenvalue weighted by Crippen LogP contribution is -2.35. The zero-order valence-electron chi connectivity index (χ0n) is 13.8. The summed E-state index contributed by atoms with van der Waals surface area (Å²) < 4.78 is 19.0. The Balaban J connectivity index is 2.22. The molecule has 0 fully saturated rings. The van der Waals surface area contributed by atoms with Gasteiger partial charge < -0.3 is 14.5 Å². The number of guanidine groups is 1. The molecular formula is C17H21FN4O. The molecule has 2 aromatic rings. The topological polar surface area (TPSA) is 41.0 Å². The molecule has 0 amide bonds. The molecule has 0 radical (unpaired) electrons. The fourth-order valence-corrected chi connectivity index (χ4v) is 2.12. The van der Waals surface area contributed by atoms with Crippen LogP contribution < -0.4 is 4.74 Å². The second-order valence-corrected chi connectivity index (χ2v) is 5.43. The van der Waals surface area contributed by atoms with Gasteiger partial charge in [-0.15, -0.1) is 0 Å². The fourth-order valence-electron chi connectivity index (χ4n) is 2.12. The number of hydrogen-bond donors (Lipinski definition) is 0. The van der Waals surface area contributed by atoms with Crippen LogP contribution in [0.5, 0.6) is 11.6 Å². The molecule has 0 aliphatic carbocycles. The van der Waals surface area contributed by atoms with Crippen LogP contribution in [-0.4, -0.2) is 48.9 Å². The molecule has 23 heavy (non-hydrogen) atoms. The number of benzene rings is 1. The van der Waals surface area contributed by atoms with E-state index in [1.165, 1.54) is 12.1 Å². The van der Waals surface area contributed by atoms with Crippen LogP contribution in [0.1, 0.15) is 5.56 Å². The van der Waals surface area contributed by atoms with E-state index in [4.69, 9.17) is 4.74 Å². The first-order valence-corrected chi connectivity index (χ1v) is 7.24. The molecular weight excluding hydrogens is 295 g/mol. The summed E-state index contributed by atoms with van der Waals surface area (Å²) in [6, 6.07) is 9.71. The van der Waals surface area contributed by atoms with Crippen LogP contribution in [0.3, 0.4) is 0 Å². The third-order valence-corrected chi connectivity index (χ3v) is 3.05. The molecule has 0 spiro atoms. The molecule has 122 valence electrons. The van der Waals surface area contributed by atoms with E-state index < -0.39 is 0 Å². The third-order valence-electron chi connectivity index (χ3n) is 3.05. The smallest absolute Gasteiger partial charge is 0.224 e. The maximum absolute atomic E-state index is 13.3. The number of pyridine rings is 1. The Bertz CT molecular complexity index is 676. The second kappa shape index (κ2) is 7.58. The summed E-state index contributed by atoms with van der Waals surface area (Å²) in [4.78, 5) is 12.7. The normalized spacial score (nSPS) is 10.1. The van der Waals surface area contributed by atoms with E-state index in [2.05, 4.69) is 9.98 Å². The first-order valence-electron chi connectivity index (χ1n) is 7.24. The Morgan fingerprint density at radius 3 is 2.52 bits per heavy atom. The van der Waals surface area contributed by atoms with Crippen LogP contribution in [-0.2, 0) is 6.54 Å². The molecule has 5 nitrogen and oxygen atoms in total. The lowest BCUT2D eigenvalue weighted by Gasteiger charge is -2.22. The highest BCUT2D eigenvalue weighted by molar-refractivity contribution is 5.79. The van der Waals surface area contributed by atoms with Crippen LogP contribution in [0, 0.1) is 5.82 Å². The summed E-state index contributed by atoms with van der Waals surface area (Å²) in [7, 11) is 7.75. The minimum atomic E-state index is -0.347. The molecule has 1 aromatic heterocycles. The standard InChI is InChI=1S/C17H21FN4O/c1-21(2)17(22(3)4)20-12-13-7-6-10-19-16(13)23-15-9-5-8-14(18)11-15/h5-11H,12H2,1-4H3. The van der Waals surface area contributed by atoms with Crippen molar-refractivity contribution in [2.45, 2.75) is 6.54 Å². The van der Waals surface area contributed by atoms with Crippen LogP contribution >= 0.6 is 0 Å². The van der Waals surface area contributed by atoms with Gasteiger partial charge in [0.1, 0.15) is 11.6 Å². The fraction of sp³-hybridized carbons (Fsp3) is 0.294. The Hall–Kier alpha value is -2.63. The molecule has 0 unspecified atom stereocenters. The van der Waals surface area contributed by atoms with Gasteiger partial charge in [0.25, 0.3) is 0 Å². The largest absolute Gasteiger partial charge is 0.439 e. The number of aliphatic imine (C=N–C) groups is 1. The Kier molecular flexibility index (Phi) is 5.51. The van der Waals surface area contributed by atoms with Crippen molar-refractivity contribution in [3.8, 4) is 11.6 Å². The molecule has 0 saturated carbocycles. The molecule has 0 N–H and O–H groups in total. The maximum atomic E-state index is 13.3. The van der Waals surface area contributed by atoms with Crippen LogP contribution in [0.25, 0.3) is 0 Å². The van der Waals surface area contributed by atoms with Crippen LogP contribution in [0.15, 0.2) is 47.6 Å². The van der Waals surface area contributed by atoms with E-state index >= 15 is 0 Å². The first kappa shape index (κ1) is 16.7. The van der Waals surface area contributed by atoms with Gasteiger partial charge in [-0.3, -0.25) is 0 Å². The first-order chi connectivity index (χ1) is 11.0. The van der Waals surface area contributed by atoms with Crippen molar-refractivity contribution in [2.24, 2.45) is 4.99 Å². The predicted octanol–water partition coefficient (Wildman–Crippen LogP) is 2.99. The average molecular weight is 316 g/mol. The van der Waals surface area contributed by atoms with Gasteiger partial charge in [-0.05, 0) is 18.2 Å². The van der Waals surface area contributed by atoms with Crippen molar-refractivity contribution in [1.29, 1.82) is 0 Å². The molecule has 2 rings (SSSR count). The van der Waals surface area contributed by atoms with Gasteiger partial charge in [0, 0.05) is 46.0 Å². The van der Waals surface area contributed by atoms with Gasteiger partial charge in [-0.2, -0.15) is 0 Å². The minimum absolute atomic E-state index is 0.347. The SMILES string of the molecule is CN(C)C(=NCc1cccnc1Oc1cccc(F)c1)N(C)C. The highest BCUT2D eigenvalue weighted by Gasteiger charge is 2.09. The van der Waals surface area contributed by atoms with E-state index in [9.17, 15) is 4.39 Å². The molecule has 0 aliphatic heterocycles. The number of halogens is 1. The quantitative estimate of drug-likeness (QED) is 0.642. The second-order valence-electron chi connectivity index (χ2n) is 5.43. The van der Waals surface area contributed by atoms with Gasteiger partial charge in [0.05, 0.1) is 6.54 Å². The molecule has 0 saturated heterocycles. The number of rotatable bonds is 4. The third kappa shape index (κ3) is 4.67. The van der Waals surface area contributed by atoms with Crippen molar-refractivity contribution < 1.29 is 9.13 Å². The van der Waals surface area contributed by atoms with E-state index in [1.54, 1.807) is 18.3 Å². The Labute approximate surface area is 136 Å². The summed E-state index contributed by atoms with van der Waals surface area (Å²) >= 11 is 0. The summed E-state index contributed by atoms with van der Waals surface area (Å²) in [5.74, 6) is 1.33. The van der Waals surface area contributed by atoms with Gasteiger partial charge in [0.2, 0.25) is 5.88 Å². The van der Waals surface area contributed by atoms with Gasteiger partial charge >= 0.3 is 0 Å². The molecule has 0 aliphatic rings. The van der Waals surface area contributed by atoms with Gasteiger partial charge in [0.15, 0.2) is 5.96 Å². The van der Waals surface area contributed by atoms with Gasteiger partial charge in [-0.25, -0.2) is 14.4 Å². The molecule has 1 heterocycles. The monoisotopic (exact) mass is 316 g/mol.